The van der Waals surface area contributed by atoms with Gasteiger partial charge in [0.05, 0.1) is 6.04 Å². The first-order chi connectivity index (χ1) is 11.0. The van der Waals surface area contributed by atoms with Crippen LogP contribution in [0, 0.1) is 0 Å². The van der Waals surface area contributed by atoms with Crippen LogP contribution in [0.4, 0.5) is 0 Å². The van der Waals surface area contributed by atoms with E-state index in [1.54, 1.807) is 0 Å². The fourth-order valence-corrected chi connectivity index (χ4v) is 2.16. The molecule has 0 heterocycles. The zero-order chi connectivity index (χ0) is 16.8. The summed E-state index contributed by atoms with van der Waals surface area (Å²) in [7, 11) is 0. The van der Waals surface area contributed by atoms with E-state index in [1.165, 1.54) is 18.2 Å². The Kier molecular flexibility index (Phi) is 5.60. The molecule has 0 fully saturated rings. The van der Waals surface area contributed by atoms with Gasteiger partial charge in [-0.05, 0) is 30.7 Å². The van der Waals surface area contributed by atoms with Crippen molar-refractivity contribution in [3.05, 3.63) is 64.7 Å². The minimum Gasteiger partial charge on any atom is -0.507 e. The number of aromatic hydroxyl groups is 1. The van der Waals surface area contributed by atoms with Crippen LogP contribution in [0.25, 0.3) is 0 Å². The molecule has 0 unspecified atom stereocenters. The molecular formula is C17H16ClNO4. The van der Waals surface area contributed by atoms with E-state index in [0.29, 0.717) is 0 Å². The van der Waals surface area contributed by atoms with Gasteiger partial charge in [0.1, 0.15) is 11.3 Å². The maximum absolute atomic E-state index is 11.9. The van der Waals surface area contributed by atoms with Gasteiger partial charge >= 0.3 is 5.97 Å². The molecule has 0 aliphatic rings. The summed E-state index contributed by atoms with van der Waals surface area (Å²) in [6.07, 6.45) is 0. The minimum absolute atomic E-state index is 0.0820. The van der Waals surface area contributed by atoms with Crippen molar-refractivity contribution in [2.45, 2.75) is 13.0 Å². The van der Waals surface area contributed by atoms with Gasteiger partial charge in [-0.25, -0.2) is 4.79 Å². The van der Waals surface area contributed by atoms with Crippen molar-refractivity contribution in [1.82, 2.24) is 5.32 Å². The Morgan fingerprint density at radius 2 is 1.91 bits per heavy atom. The molecule has 1 atom stereocenters. The molecule has 0 bridgehead atoms. The molecule has 6 heteroatoms. The second-order valence-electron chi connectivity index (χ2n) is 4.94. The Bertz CT molecular complexity index is 703. The van der Waals surface area contributed by atoms with Crippen LogP contribution in [0.5, 0.6) is 5.75 Å². The third-order valence-electron chi connectivity index (χ3n) is 3.19. The largest absolute Gasteiger partial charge is 0.507 e. The number of hydrogen-bond acceptors (Lipinski definition) is 4. The lowest BCUT2D eigenvalue weighted by atomic mass is 10.1. The predicted octanol–water partition coefficient (Wildman–Crippen LogP) is 3.08. The first-order valence-electron chi connectivity index (χ1n) is 6.97. The quantitative estimate of drug-likeness (QED) is 0.824. The summed E-state index contributed by atoms with van der Waals surface area (Å²) in [5.74, 6) is -1.50. The van der Waals surface area contributed by atoms with Gasteiger partial charge in [-0.2, -0.15) is 0 Å². The summed E-state index contributed by atoms with van der Waals surface area (Å²) >= 11 is 5.76. The van der Waals surface area contributed by atoms with Gasteiger partial charge in [0.25, 0.3) is 5.91 Å². The summed E-state index contributed by atoms with van der Waals surface area (Å²) < 4.78 is 4.89. The van der Waals surface area contributed by atoms with Crippen LogP contribution in [0.2, 0.25) is 5.02 Å². The van der Waals surface area contributed by atoms with Crippen molar-refractivity contribution in [2.75, 3.05) is 6.61 Å². The van der Waals surface area contributed by atoms with Crippen LogP contribution in [-0.2, 0) is 9.53 Å². The van der Waals surface area contributed by atoms with Crippen molar-refractivity contribution in [3.63, 3.8) is 0 Å². The molecule has 23 heavy (non-hydrogen) atoms. The highest BCUT2D eigenvalue weighted by Crippen LogP contribution is 2.22. The Balaban J connectivity index is 1.89. The second kappa shape index (κ2) is 7.65. The van der Waals surface area contributed by atoms with Gasteiger partial charge in [-0.15, -0.1) is 0 Å². The fourth-order valence-electron chi connectivity index (χ4n) is 1.99. The lowest BCUT2D eigenvalue weighted by molar-refractivity contribution is -0.124. The highest BCUT2D eigenvalue weighted by molar-refractivity contribution is 6.31. The third-order valence-corrected chi connectivity index (χ3v) is 3.43. The normalized spacial score (nSPS) is 11.6. The number of phenols is 1. The zero-order valence-corrected chi connectivity index (χ0v) is 13.2. The standard InChI is InChI=1S/C17H16ClNO4/c1-11(12-5-3-2-4-6-12)19-16(21)10-23-17(22)14-9-13(18)7-8-15(14)20/h2-9,11,20H,10H2,1H3,(H,19,21)/t11-/m1/s1. The summed E-state index contributed by atoms with van der Waals surface area (Å²) in [6, 6.07) is 13.2. The average Bonchev–Trinajstić information content (AvgIpc) is 2.55. The van der Waals surface area contributed by atoms with Gasteiger partial charge in [-0.1, -0.05) is 41.9 Å². The summed E-state index contributed by atoms with van der Waals surface area (Å²) in [6.45, 7) is 1.39. The molecule has 0 aliphatic heterocycles. The average molecular weight is 334 g/mol. The van der Waals surface area contributed by atoms with Crippen LogP contribution < -0.4 is 5.32 Å². The molecule has 0 saturated heterocycles. The van der Waals surface area contributed by atoms with E-state index in [9.17, 15) is 14.7 Å². The van der Waals surface area contributed by atoms with E-state index in [1.807, 2.05) is 37.3 Å². The van der Waals surface area contributed by atoms with E-state index in [4.69, 9.17) is 16.3 Å². The Morgan fingerprint density at radius 3 is 2.61 bits per heavy atom. The molecule has 2 aromatic carbocycles. The van der Waals surface area contributed by atoms with E-state index >= 15 is 0 Å². The first kappa shape index (κ1) is 16.8. The van der Waals surface area contributed by atoms with Crippen molar-refractivity contribution in [2.24, 2.45) is 0 Å². The van der Waals surface area contributed by atoms with Crippen molar-refractivity contribution < 1.29 is 19.4 Å². The van der Waals surface area contributed by atoms with Gasteiger partial charge in [-0.3, -0.25) is 4.79 Å². The van der Waals surface area contributed by atoms with Crippen molar-refractivity contribution in [1.29, 1.82) is 0 Å². The SMILES string of the molecule is C[C@@H](NC(=O)COC(=O)c1cc(Cl)ccc1O)c1ccccc1. The van der Waals surface area contributed by atoms with Crippen LogP contribution >= 0.6 is 11.6 Å². The van der Waals surface area contributed by atoms with E-state index in [0.717, 1.165) is 5.56 Å². The first-order valence-corrected chi connectivity index (χ1v) is 7.35. The summed E-state index contributed by atoms with van der Waals surface area (Å²) in [5.41, 5.74) is 0.862. The van der Waals surface area contributed by atoms with E-state index in [-0.39, 0.29) is 22.4 Å². The molecule has 5 nitrogen and oxygen atoms in total. The number of rotatable bonds is 5. The Morgan fingerprint density at radius 1 is 1.22 bits per heavy atom. The number of ether oxygens (including phenoxy) is 1. The zero-order valence-electron chi connectivity index (χ0n) is 12.5. The second-order valence-corrected chi connectivity index (χ2v) is 5.37. The van der Waals surface area contributed by atoms with Crippen molar-refractivity contribution in [3.8, 4) is 5.75 Å². The number of carbonyl (C=O) groups is 2. The maximum Gasteiger partial charge on any atom is 0.342 e. The lowest BCUT2D eigenvalue weighted by Crippen LogP contribution is -2.31. The number of hydrogen-bond donors (Lipinski definition) is 2. The van der Waals surface area contributed by atoms with Crippen LogP contribution in [0.3, 0.4) is 0 Å². The van der Waals surface area contributed by atoms with E-state index < -0.39 is 18.5 Å². The molecule has 2 aromatic rings. The monoisotopic (exact) mass is 333 g/mol. The number of benzene rings is 2. The molecule has 2 rings (SSSR count). The van der Waals surface area contributed by atoms with Crippen LogP contribution in [-0.4, -0.2) is 23.6 Å². The molecule has 1 amide bonds. The van der Waals surface area contributed by atoms with E-state index in [2.05, 4.69) is 5.32 Å². The van der Waals surface area contributed by atoms with Crippen molar-refractivity contribution >= 4 is 23.5 Å². The van der Waals surface area contributed by atoms with Gasteiger partial charge < -0.3 is 15.2 Å². The molecule has 0 spiro atoms. The van der Waals surface area contributed by atoms with Gasteiger partial charge in [0.15, 0.2) is 6.61 Å². The Hall–Kier alpha value is -2.53. The number of halogens is 1. The van der Waals surface area contributed by atoms with Crippen LogP contribution in [0.15, 0.2) is 48.5 Å². The minimum atomic E-state index is -0.812. The smallest absolute Gasteiger partial charge is 0.342 e. The predicted molar refractivity (Wildman–Crippen MR) is 86.4 cm³/mol. The van der Waals surface area contributed by atoms with Gasteiger partial charge in [0.2, 0.25) is 0 Å². The number of nitrogens with one attached hydrogen (secondary N) is 1. The number of phenolic OH excluding ortho intramolecular Hbond substituents is 1. The molecule has 120 valence electrons. The van der Waals surface area contributed by atoms with Crippen LogP contribution in [0.1, 0.15) is 28.9 Å². The third kappa shape index (κ3) is 4.72. The molecule has 0 aliphatic carbocycles. The molecule has 2 N–H and O–H groups in total. The fraction of sp³-hybridized carbons (Fsp3) is 0.176. The topological polar surface area (TPSA) is 75.6 Å². The number of carbonyl (C=O) groups excluding carboxylic acids is 2. The highest BCUT2D eigenvalue weighted by atomic mass is 35.5. The molecular weight excluding hydrogens is 318 g/mol. The highest BCUT2D eigenvalue weighted by Gasteiger charge is 2.16. The van der Waals surface area contributed by atoms with Gasteiger partial charge in [0, 0.05) is 5.02 Å². The molecule has 0 radical (unpaired) electrons. The molecule has 0 aromatic heterocycles. The maximum atomic E-state index is 11.9. The summed E-state index contributed by atoms with van der Waals surface area (Å²) in [5, 5.41) is 12.6. The lowest BCUT2D eigenvalue weighted by Gasteiger charge is -2.14. The number of esters is 1. The molecule has 0 saturated carbocycles. The summed E-state index contributed by atoms with van der Waals surface area (Å²) in [4.78, 5) is 23.7. The Labute approximate surface area is 138 Å². The number of amides is 1.